The van der Waals surface area contributed by atoms with E-state index in [1.54, 1.807) is 12.1 Å². The predicted octanol–water partition coefficient (Wildman–Crippen LogP) is 4.78. The van der Waals surface area contributed by atoms with Crippen molar-refractivity contribution in [3.63, 3.8) is 0 Å². The third-order valence-electron chi connectivity index (χ3n) is 5.03. The van der Waals surface area contributed by atoms with Crippen molar-refractivity contribution in [2.75, 3.05) is 0 Å². The van der Waals surface area contributed by atoms with Crippen LogP contribution in [0.5, 0.6) is 0 Å². The molecule has 1 aliphatic carbocycles. The Labute approximate surface area is 131 Å². The number of aliphatic hydroxyl groups excluding tert-OH is 1. The fourth-order valence-corrected chi connectivity index (χ4v) is 3.69. The van der Waals surface area contributed by atoms with Gasteiger partial charge in [-0.2, -0.15) is 0 Å². The lowest BCUT2D eigenvalue weighted by molar-refractivity contribution is 0.147. The van der Waals surface area contributed by atoms with Gasteiger partial charge in [-0.25, -0.2) is 4.39 Å². The van der Waals surface area contributed by atoms with E-state index in [4.69, 9.17) is 0 Å². The number of benzene rings is 2. The first-order chi connectivity index (χ1) is 10.6. The van der Waals surface area contributed by atoms with E-state index >= 15 is 0 Å². The molecule has 0 heterocycles. The second-order valence-electron chi connectivity index (χ2n) is 6.41. The predicted molar refractivity (Wildman–Crippen MR) is 87.7 cm³/mol. The summed E-state index contributed by atoms with van der Waals surface area (Å²) in [4.78, 5) is 0. The summed E-state index contributed by atoms with van der Waals surface area (Å²) in [6, 6.07) is 13.6. The molecule has 0 aliphatic heterocycles. The van der Waals surface area contributed by atoms with E-state index in [9.17, 15) is 9.50 Å². The summed E-state index contributed by atoms with van der Waals surface area (Å²) in [5.74, 6) is 0.260. The van der Waals surface area contributed by atoms with Crippen molar-refractivity contribution in [2.45, 2.75) is 51.0 Å². The van der Waals surface area contributed by atoms with Gasteiger partial charge in [-0.05, 0) is 65.5 Å². The zero-order chi connectivity index (χ0) is 15.7. The second kappa shape index (κ2) is 6.21. The van der Waals surface area contributed by atoms with E-state index in [2.05, 4.69) is 31.2 Å². The number of hydrogen-bond donors (Lipinski definition) is 1. The summed E-state index contributed by atoms with van der Waals surface area (Å²) in [5.41, 5.74) is 4.89. The third kappa shape index (κ3) is 2.80. The van der Waals surface area contributed by atoms with E-state index in [0.29, 0.717) is 0 Å². The molecular weight excluding hydrogens is 275 g/mol. The average molecular weight is 298 g/mol. The number of rotatable bonds is 3. The van der Waals surface area contributed by atoms with Gasteiger partial charge in [0.05, 0.1) is 6.10 Å². The Morgan fingerprint density at radius 2 is 1.86 bits per heavy atom. The van der Waals surface area contributed by atoms with E-state index in [1.807, 2.05) is 13.0 Å². The van der Waals surface area contributed by atoms with Crippen LogP contribution in [0.1, 0.15) is 60.8 Å². The standard InChI is InChI=1S/C20H23FO/c1-3-17(22)12-20-13(2)19-11-16(21)9-8-15(19)10-14-6-4-5-7-18(14)20/h4-9,11,13,17,20,22H,3,10,12H2,1-2H3/t13-,17+,20-/m0/s1. The Hall–Kier alpha value is -1.67. The summed E-state index contributed by atoms with van der Waals surface area (Å²) in [7, 11) is 0. The summed E-state index contributed by atoms with van der Waals surface area (Å²) < 4.78 is 13.7. The summed E-state index contributed by atoms with van der Waals surface area (Å²) in [6.45, 7) is 4.17. The Kier molecular flexibility index (Phi) is 4.30. The molecule has 0 aromatic heterocycles. The Morgan fingerprint density at radius 3 is 2.64 bits per heavy atom. The molecule has 1 aliphatic rings. The molecule has 2 aromatic rings. The highest BCUT2D eigenvalue weighted by Crippen LogP contribution is 2.43. The van der Waals surface area contributed by atoms with Crippen LogP contribution in [-0.4, -0.2) is 11.2 Å². The smallest absolute Gasteiger partial charge is 0.123 e. The van der Waals surface area contributed by atoms with Gasteiger partial charge in [0.2, 0.25) is 0 Å². The molecule has 0 amide bonds. The van der Waals surface area contributed by atoms with Gasteiger partial charge in [0.1, 0.15) is 5.82 Å². The SMILES string of the molecule is CC[C@@H](O)C[C@@H]1c2ccccc2Cc2ccc(F)cc2[C@@H]1C. The van der Waals surface area contributed by atoms with Crippen LogP contribution in [0.4, 0.5) is 4.39 Å². The van der Waals surface area contributed by atoms with Gasteiger partial charge in [-0.15, -0.1) is 0 Å². The van der Waals surface area contributed by atoms with Crippen molar-refractivity contribution < 1.29 is 9.50 Å². The number of halogens is 1. The maximum absolute atomic E-state index is 13.7. The highest BCUT2D eigenvalue weighted by atomic mass is 19.1. The minimum Gasteiger partial charge on any atom is -0.393 e. The van der Waals surface area contributed by atoms with Crippen LogP contribution in [0.2, 0.25) is 0 Å². The highest BCUT2D eigenvalue weighted by molar-refractivity contribution is 5.45. The fraction of sp³-hybridized carbons (Fsp3) is 0.400. The molecule has 116 valence electrons. The monoisotopic (exact) mass is 298 g/mol. The number of hydrogen-bond acceptors (Lipinski definition) is 1. The van der Waals surface area contributed by atoms with Gasteiger partial charge in [0.25, 0.3) is 0 Å². The molecule has 2 heteroatoms. The van der Waals surface area contributed by atoms with Gasteiger partial charge in [0, 0.05) is 0 Å². The van der Waals surface area contributed by atoms with E-state index in [0.717, 1.165) is 24.8 Å². The van der Waals surface area contributed by atoms with Crippen molar-refractivity contribution in [3.8, 4) is 0 Å². The lowest BCUT2D eigenvalue weighted by atomic mass is 9.79. The molecule has 0 spiro atoms. The largest absolute Gasteiger partial charge is 0.393 e. The molecule has 0 saturated carbocycles. The van der Waals surface area contributed by atoms with Crippen molar-refractivity contribution in [2.24, 2.45) is 0 Å². The van der Waals surface area contributed by atoms with Crippen LogP contribution >= 0.6 is 0 Å². The van der Waals surface area contributed by atoms with Gasteiger partial charge >= 0.3 is 0 Å². The second-order valence-corrected chi connectivity index (χ2v) is 6.41. The summed E-state index contributed by atoms with van der Waals surface area (Å²) >= 11 is 0. The minimum absolute atomic E-state index is 0.175. The molecule has 22 heavy (non-hydrogen) atoms. The number of fused-ring (bicyclic) bond motifs is 2. The third-order valence-corrected chi connectivity index (χ3v) is 5.03. The molecule has 0 bridgehead atoms. The van der Waals surface area contributed by atoms with Crippen LogP contribution in [-0.2, 0) is 6.42 Å². The lowest BCUT2D eigenvalue weighted by Crippen LogP contribution is -2.16. The molecular formula is C20H23FO. The Balaban J connectivity index is 2.11. The molecule has 0 saturated heterocycles. The number of aliphatic hydroxyl groups is 1. The van der Waals surface area contributed by atoms with Crippen LogP contribution in [0.3, 0.4) is 0 Å². The van der Waals surface area contributed by atoms with Gasteiger partial charge in [-0.1, -0.05) is 44.2 Å². The van der Waals surface area contributed by atoms with Gasteiger partial charge < -0.3 is 5.11 Å². The topological polar surface area (TPSA) is 20.2 Å². The first-order valence-electron chi connectivity index (χ1n) is 8.14. The fourth-order valence-electron chi connectivity index (χ4n) is 3.69. The van der Waals surface area contributed by atoms with Crippen molar-refractivity contribution in [1.29, 1.82) is 0 Å². The maximum Gasteiger partial charge on any atom is 0.123 e. The van der Waals surface area contributed by atoms with E-state index < -0.39 is 0 Å². The van der Waals surface area contributed by atoms with Crippen molar-refractivity contribution in [3.05, 3.63) is 70.5 Å². The lowest BCUT2D eigenvalue weighted by Gasteiger charge is -2.27. The normalized spacial score (nSPS) is 21.6. The van der Waals surface area contributed by atoms with Crippen LogP contribution in [0, 0.1) is 5.82 Å². The molecule has 2 aromatic carbocycles. The summed E-state index contributed by atoms with van der Waals surface area (Å²) in [5, 5.41) is 10.2. The Morgan fingerprint density at radius 1 is 1.14 bits per heavy atom. The molecule has 0 fully saturated rings. The van der Waals surface area contributed by atoms with Crippen LogP contribution in [0.15, 0.2) is 42.5 Å². The molecule has 1 N–H and O–H groups in total. The van der Waals surface area contributed by atoms with E-state index in [1.165, 1.54) is 16.7 Å². The van der Waals surface area contributed by atoms with E-state index in [-0.39, 0.29) is 23.8 Å². The molecule has 0 radical (unpaired) electrons. The maximum atomic E-state index is 13.7. The molecule has 0 unspecified atom stereocenters. The highest BCUT2D eigenvalue weighted by Gasteiger charge is 2.29. The summed E-state index contributed by atoms with van der Waals surface area (Å²) in [6.07, 6.45) is 2.01. The molecule has 3 atom stereocenters. The van der Waals surface area contributed by atoms with Crippen LogP contribution in [0.25, 0.3) is 0 Å². The zero-order valence-electron chi connectivity index (χ0n) is 13.2. The van der Waals surface area contributed by atoms with Crippen molar-refractivity contribution >= 4 is 0 Å². The van der Waals surface area contributed by atoms with Gasteiger partial charge in [-0.3, -0.25) is 0 Å². The molecule has 3 rings (SSSR count). The average Bonchev–Trinajstić information content (AvgIpc) is 2.64. The first-order valence-corrected chi connectivity index (χ1v) is 8.14. The van der Waals surface area contributed by atoms with Gasteiger partial charge in [0.15, 0.2) is 0 Å². The molecule has 1 nitrogen and oxygen atoms in total. The van der Waals surface area contributed by atoms with Crippen molar-refractivity contribution in [1.82, 2.24) is 0 Å². The quantitative estimate of drug-likeness (QED) is 0.864. The Bertz CT molecular complexity index is 665. The first kappa shape index (κ1) is 15.2. The van der Waals surface area contributed by atoms with Crippen LogP contribution < -0.4 is 0 Å². The zero-order valence-corrected chi connectivity index (χ0v) is 13.2. The minimum atomic E-state index is -0.310.